The second-order valence-corrected chi connectivity index (χ2v) is 4.60. The molecule has 1 heterocycles. The fraction of sp³-hybridized carbons (Fsp3) is 0.455. The predicted molar refractivity (Wildman–Crippen MR) is 73.3 cm³/mol. The largest absolute Gasteiger partial charge is 0.380 e. The molecule has 1 amide bonds. The molecule has 0 fully saturated rings. The number of carbonyl (C=O) groups is 1. The molecule has 0 radical (unpaired) electrons. The lowest BCUT2D eigenvalue weighted by Crippen LogP contribution is -2.32. The van der Waals surface area contributed by atoms with Crippen molar-refractivity contribution in [2.45, 2.75) is 13.8 Å². The summed E-state index contributed by atoms with van der Waals surface area (Å²) in [6, 6.07) is 1.59. The molecule has 0 saturated carbocycles. The topological polar surface area (TPSA) is 71.2 Å². The first-order chi connectivity index (χ1) is 8.06. The minimum atomic E-state index is -0.371. The van der Waals surface area contributed by atoms with Gasteiger partial charge in [0.25, 0.3) is 11.5 Å². The van der Waals surface area contributed by atoms with Crippen LogP contribution in [0.2, 0.25) is 0 Å². The zero-order valence-corrected chi connectivity index (χ0v) is 12.0. The molecule has 1 aromatic heterocycles. The molecular formula is C11H15IN2O3. The lowest BCUT2D eigenvalue weighted by molar-refractivity contribution is 0.0921. The van der Waals surface area contributed by atoms with Crippen molar-refractivity contribution in [3.63, 3.8) is 0 Å². The van der Waals surface area contributed by atoms with E-state index in [1.165, 1.54) is 0 Å². The van der Waals surface area contributed by atoms with Crippen molar-refractivity contribution in [3.05, 3.63) is 31.2 Å². The van der Waals surface area contributed by atoms with Gasteiger partial charge < -0.3 is 15.0 Å². The number of amides is 1. The van der Waals surface area contributed by atoms with Crippen LogP contribution in [0.4, 0.5) is 0 Å². The van der Waals surface area contributed by atoms with Gasteiger partial charge in [0.1, 0.15) is 5.56 Å². The Bertz CT molecular complexity index is 457. The lowest BCUT2D eigenvalue weighted by Gasteiger charge is -2.06. The molecular weight excluding hydrogens is 335 g/mol. The Hall–Kier alpha value is -0.890. The molecule has 1 rings (SSSR count). The summed E-state index contributed by atoms with van der Waals surface area (Å²) >= 11 is 2.08. The Kier molecular flexibility index (Phi) is 5.63. The average molecular weight is 350 g/mol. The van der Waals surface area contributed by atoms with Gasteiger partial charge in [-0.15, -0.1) is 0 Å². The van der Waals surface area contributed by atoms with E-state index in [1.807, 2.05) is 6.92 Å². The van der Waals surface area contributed by atoms with Crippen molar-refractivity contribution in [3.8, 4) is 0 Å². The Morgan fingerprint density at radius 1 is 1.59 bits per heavy atom. The fourth-order valence-corrected chi connectivity index (χ4v) is 1.69. The molecule has 17 heavy (non-hydrogen) atoms. The van der Waals surface area contributed by atoms with Crippen molar-refractivity contribution in [1.82, 2.24) is 10.3 Å². The van der Waals surface area contributed by atoms with Crippen LogP contribution in [0.5, 0.6) is 0 Å². The number of hydrogen-bond acceptors (Lipinski definition) is 3. The Morgan fingerprint density at radius 3 is 2.94 bits per heavy atom. The number of H-pyrrole nitrogens is 1. The standard InChI is InChI=1S/C11H15IN2O3/c1-3-17-5-4-13-10(15)8-6-9(12)7(2)14-11(8)16/h6H,3-5H2,1-2H3,(H,13,15)(H,14,16). The Labute approximate surface area is 113 Å². The maximum atomic E-state index is 11.7. The summed E-state index contributed by atoms with van der Waals surface area (Å²) in [7, 11) is 0. The van der Waals surface area contributed by atoms with Gasteiger partial charge in [0.05, 0.1) is 6.61 Å². The van der Waals surface area contributed by atoms with Gasteiger partial charge in [0, 0.05) is 22.4 Å². The normalized spacial score (nSPS) is 10.3. The van der Waals surface area contributed by atoms with E-state index in [0.717, 1.165) is 9.26 Å². The highest BCUT2D eigenvalue weighted by Gasteiger charge is 2.11. The summed E-state index contributed by atoms with van der Waals surface area (Å²) in [5, 5.41) is 2.63. The van der Waals surface area contributed by atoms with E-state index in [0.29, 0.717) is 19.8 Å². The summed E-state index contributed by atoms with van der Waals surface area (Å²) < 4.78 is 5.95. The van der Waals surface area contributed by atoms with Gasteiger partial charge in [-0.2, -0.15) is 0 Å². The third kappa shape index (κ3) is 4.12. The van der Waals surface area contributed by atoms with Crippen molar-refractivity contribution >= 4 is 28.5 Å². The van der Waals surface area contributed by atoms with Gasteiger partial charge in [0.15, 0.2) is 0 Å². The van der Waals surface area contributed by atoms with E-state index in [4.69, 9.17) is 4.74 Å². The monoisotopic (exact) mass is 350 g/mol. The number of halogens is 1. The Morgan fingerprint density at radius 2 is 2.29 bits per heavy atom. The quantitative estimate of drug-likeness (QED) is 0.616. The van der Waals surface area contributed by atoms with Gasteiger partial charge in [0.2, 0.25) is 0 Å². The molecule has 6 heteroatoms. The number of aromatic nitrogens is 1. The van der Waals surface area contributed by atoms with Gasteiger partial charge >= 0.3 is 0 Å². The maximum absolute atomic E-state index is 11.7. The van der Waals surface area contributed by atoms with E-state index in [9.17, 15) is 9.59 Å². The molecule has 0 spiro atoms. The van der Waals surface area contributed by atoms with Crippen LogP contribution < -0.4 is 10.9 Å². The molecule has 2 N–H and O–H groups in total. The van der Waals surface area contributed by atoms with Gasteiger partial charge in [-0.3, -0.25) is 9.59 Å². The first kappa shape index (κ1) is 14.2. The molecule has 0 saturated heterocycles. The second-order valence-electron chi connectivity index (χ2n) is 3.44. The predicted octanol–water partition coefficient (Wildman–Crippen LogP) is 1.05. The molecule has 0 aliphatic rings. The molecule has 0 aliphatic carbocycles. The highest BCUT2D eigenvalue weighted by atomic mass is 127. The zero-order chi connectivity index (χ0) is 12.8. The van der Waals surface area contributed by atoms with Gasteiger partial charge in [-0.05, 0) is 42.5 Å². The van der Waals surface area contributed by atoms with Crippen molar-refractivity contribution in [1.29, 1.82) is 0 Å². The highest BCUT2D eigenvalue weighted by Crippen LogP contribution is 2.07. The van der Waals surface area contributed by atoms with Crippen molar-refractivity contribution in [2.75, 3.05) is 19.8 Å². The van der Waals surface area contributed by atoms with Crippen LogP contribution in [-0.2, 0) is 4.74 Å². The summed E-state index contributed by atoms with van der Waals surface area (Å²) in [6.07, 6.45) is 0. The number of hydrogen-bond donors (Lipinski definition) is 2. The number of aryl methyl sites for hydroxylation is 1. The number of carbonyl (C=O) groups excluding carboxylic acids is 1. The molecule has 0 aromatic carbocycles. The van der Waals surface area contributed by atoms with E-state index < -0.39 is 0 Å². The van der Waals surface area contributed by atoms with Crippen LogP contribution in [0.3, 0.4) is 0 Å². The summed E-state index contributed by atoms with van der Waals surface area (Å²) in [4.78, 5) is 25.9. The molecule has 0 bridgehead atoms. The van der Waals surface area contributed by atoms with Gasteiger partial charge in [-0.1, -0.05) is 0 Å². The van der Waals surface area contributed by atoms with Crippen LogP contribution in [0.15, 0.2) is 10.9 Å². The van der Waals surface area contributed by atoms with E-state index >= 15 is 0 Å². The van der Waals surface area contributed by atoms with E-state index in [1.54, 1.807) is 13.0 Å². The van der Waals surface area contributed by atoms with E-state index in [2.05, 4.69) is 32.9 Å². The summed E-state index contributed by atoms with van der Waals surface area (Å²) in [6.45, 7) is 5.13. The number of nitrogens with one attached hydrogen (secondary N) is 2. The number of aromatic amines is 1. The van der Waals surface area contributed by atoms with Crippen LogP contribution in [-0.4, -0.2) is 30.6 Å². The van der Waals surface area contributed by atoms with Crippen molar-refractivity contribution < 1.29 is 9.53 Å². The molecule has 94 valence electrons. The minimum Gasteiger partial charge on any atom is -0.380 e. The summed E-state index contributed by atoms with van der Waals surface area (Å²) in [5.41, 5.74) is 0.537. The average Bonchev–Trinajstić information content (AvgIpc) is 2.29. The van der Waals surface area contributed by atoms with Crippen molar-refractivity contribution in [2.24, 2.45) is 0 Å². The van der Waals surface area contributed by atoms with Gasteiger partial charge in [-0.25, -0.2) is 0 Å². The highest BCUT2D eigenvalue weighted by molar-refractivity contribution is 14.1. The molecule has 0 atom stereocenters. The molecule has 0 aliphatic heterocycles. The number of ether oxygens (including phenoxy) is 1. The van der Waals surface area contributed by atoms with Crippen LogP contribution in [0, 0.1) is 10.5 Å². The maximum Gasteiger partial charge on any atom is 0.261 e. The zero-order valence-electron chi connectivity index (χ0n) is 9.80. The van der Waals surface area contributed by atoms with Crippen LogP contribution >= 0.6 is 22.6 Å². The first-order valence-electron chi connectivity index (χ1n) is 5.31. The molecule has 5 nitrogen and oxygen atoms in total. The minimum absolute atomic E-state index is 0.136. The smallest absolute Gasteiger partial charge is 0.261 e. The van der Waals surface area contributed by atoms with E-state index in [-0.39, 0.29) is 17.0 Å². The Balaban J connectivity index is 2.69. The molecule has 1 aromatic rings. The molecule has 0 unspecified atom stereocenters. The number of rotatable bonds is 5. The lowest BCUT2D eigenvalue weighted by atomic mass is 10.2. The third-order valence-corrected chi connectivity index (χ3v) is 3.28. The number of pyridine rings is 1. The fourth-order valence-electron chi connectivity index (χ4n) is 1.24. The van der Waals surface area contributed by atoms with Crippen LogP contribution in [0.1, 0.15) is 23.0 Å². The third-order valence-electron chi connectivity index (χ3n) is 2.16. The second kappa shape index (κ2) is 6.75. The SMILES string of the molecule is CCOCCNC(=O)c1cc(I)c(C)[nH]c1=O. The first-order valence-corrected chi connectivity index (χ1v) is 6.39. The van der Waals surface area contributed by atoms with Crippen LogP contribution in [0.25, 0.3) is 0 Å². The summed E-state index contributed by atoms with van der Waals surface area (Å²) in [5.74, 6) is -0.371.